The second-order valence-electron chi connectivity index (χ2n) is 5.20. The molecule has 0 amide bonds. The van der Waals surface area contributed by atoms with Gasteiger partial charge in [-0.1, -0.05) is 26.0 Å². The third-order valence-electron chi connectivity index (χ3n) is 2.77. The van der Waals surface area contributed by atoms with Gasteiger partial charge in [0.1, 0.15) is 0 Å². The number of nitrogens with zero attached hydrogens (tertiary/aromatic N) is 3. The largest absolute Gasteiger partial charge is 0.353 e. The lowest BCUT2D eigenvalue weighted by Gasteiger charge is -2.09. The zero-order chi connectivity index (χ0) is 15.2. The van der Waals surface area contributed by atoms with Crippen molar-refractivity contribution >= 4 is 23.2 Å². The molecule has 1 heterocycles. The third-order valence-corrected chi connectivity index (χ3v) is 2.77. The number of hydrogen-bond acceptors (Lipinski definition) is 6. The smallest absolute Gasteiger partial charge is 0.244 e. The van der Waals surface area contributed by atoms with Gasteiger partial charge in [0.25, 0.3) is 0 Å². The second kappa shape index (κ2) is 6.78. The first kappa shape index (κ1) is 14.9. The molecule has 0 aliphatic rings. The molecule has 0 fully saturated rings. The molecule has 2 N–H and O–H groups in total. The first-order chi connectivity index (χ1) is 10.0. The second-order valence-corrected chi connectivity index (χ2v) is 5.20. The highest BCUT2D eigenvalue weighted by atomic mass is 16.1. The summed E-state index contributed by atoms with van der Waals surface area (Å²) in [6.45, 7) is 6.54. The Bertz CT molecular complexity index is 627. The van der Waals surface area contributed by atoms with Crippen LogP contribution in [-0.4, -0.2) is 27.5 Å². The van der Waals surface area contributed by atoms with Crippen molar-refractivity contribution < 1.29 is 4.79 Å². The Morgan fingerprint density at radius 1 is 1.33 bits per heavy atom. The van der Waals surface area contributed by atoms with Crippen LogP contribution < -0.4 is 10.6 Å². The predicted octanol–water partition coefficient (Wildman–Crippen LogP) is 2.89. The van der Waals surface area contributed by atoms with E-state index < -0.39 is 0 Å². The zero-order valence-corrected chi connectivity index (χ0v) is 12.4. The minimum atomic E-state index is 0.0266. The van der Waals surface area contributed by atoms with Crippen molar-refractivity contribution in [1.82, 2.24) is 15.2 Å². The van der Waals surface area contributed by atoms with Crippen LogP contribution in [0.15, 0.2) is 30.5 Å². The summed E-state index contributed by atoms with van der Waals surface area (Å²) in [4.78, 5) is 15.7. The summed E-state index contributed by atoms with van der Waals surface area (Å²) < 4.78 is 0. The van der Waals surface area contributed by atoms with Crippen molar-refractivity contribution in [3.05, 3.63) is 36.0 Å². The van der Waals surface area contributed by atoms with Gasteiger partial charge in [-0.15, -0.1) is 5.10 Å². The Kier molecular flexibility index (Phi) is 4.81. The summed E-state index contributed by atoms with van der Waals surface area (Å²) in [5.74, 6) is 1.59. The molecule has 6 nitrogen and oxygen atoms in total. The van der Waals surface area contributed by atoms with E-state index in [1.165, 1.54) is 0 Å². The fourth-order valence-corrected chi connectivity index (χ4v) is 1.70. The van der Waals surface area contributed by atoms with E-state index >= 15 is 0 Å². The van der Waals surface area contributed by atoms with Gasteiger partial charge in [0.05, 0.1) is 6.20 Å². The summed E-state index contributed by atoms with van der Waals surface area (Å²) in [7, 11) is 0. The van der Waals surface area contributed by atoms with Gasteiger partial charge in [-0.05, 0) is 25.0 Å². The molecule has 0 unspecified atom stereocenters. The highest BCUT2D eigenvalue weighted by Crippen LogP contribution is 2.16. The molecule has 0 radical (unpaired) electrons. The molecule has 2 rings (SSSR count). The number of aromatic nitrogens is 3. The summed E-state index contributed by atoms with van der Waals surface area (Å²) in [6, 6.07) is 7.26. The van der Waals surface area contributed by atoms with Crippen LogP contribution in [0.25, 0.3) is 0 Å². The quantitative estimate of drug-likeness (QED) is 0.794. The Balaban J connectivity index is 2.10. The van der Waals surface area contributed by atoms with Gasteiger partial charge < -0.3 is 10.6 Å². The number of nitrogens with one attached hydrogen (secondary N) is 2. The van der Waals surface area contributed by atoms with Crippen LogP contribution >= 0.6 is 0 Å². The van der Waals surface area contributed by atoms with Crippen LogP contribution in [0, 0.1) is 5.92 Å². The summed E-state index contributed by atoms with van der Waals surface area (Å²) >= 11 is 0. The van der Waals surface area contributed by atoms with Gasteiger partial charge in [0.15, 0.2) is 11.6 Å². The average molecular weight is 285 g/mol. The minimum Gasteiger partial charge on any atom is -0.353 e. The Hall–Kier alpha value is -2.50. The minimum absolute atomic E-state index is 0.0266. The van der Waals surface area contributed by atoms with Crippen LogP contribution in [-0.2, 0) is 0 Å². The molecule has 1 aromatic heterocycles. The van der Waals surface area contributed by atoms with Crippen LogP contribution in [0.2, 0.25) is 0 Å². The van der Waals surface area contributed by atoms with E-state index in [-0.39, 0.29) is 5.78 Å². The topological polar surface area (TPSA) is 79.8 Å². The van der Waals surface area contributed by atoms with Crippen molar-refractivity contribution in [1.29, 1.82) is 0 Å². The first-order valence-corrected chi connectivity index (χ1v) is 6.86. The number of rotatable bonds is 6. The summed E-state index contributed by atoms with van der Waals surface area (Å²) in [5.41, 5.74) is 1.44. The monoisotopic (exact) mass is 285 g/mol. The van der Waals surface area contributed by atoms with E-state index in [1.807, 2.05) is 12.1 Å². The molecule has 0 saturated heterocycles. The average Bonchev–Trinajstić information content (AvgIpc) is 2.46. The van der Waals surface area contributed by atoms with Crippen LogP contribution in [0.4, 0.5) is 17.5 Å². The SMILES string of the molecule is CC(=O)c1cccc(Nc2cnnc(NCC(C)C)n2)c1. The molecule has 1 aromatic carbocycles. The molecule has 0 spiro atoms. The van der Waals surface area contributed by atoms with E-state index in [9.17, 15) is 4.79 Å². The van der Waals surface area contributed by atoms with E-state index in [2.05, 4.69) is 39.7 Å². The molecular weight excluding hydrogens is 266 g/mol. The molecule has 0 aliphatic heterocycles. The van der Waals surface area contributed by atoms with Crippen molar-refractivity contribution in [2.45, 2.75) is 20.8 Å². The number of benzene rings is 1. The van der Waals surface area contributed by atoms with E-state index in [1.54, 1.807) is 25.3 Å². The van der Waals surface area contributed by atoms with Crippen molar-refractivity contribution in [2.75, 3.05) is 17.2 Å². The molecule has 21 heavy (non-hydrogen) atoms. The molecule has 2 aromatic rings. The third kappa shape index (κ3) is 4.52. The lowest BCUT2D eigenvalue weighted by Crippen LogP contribution is -2.11. The van der Waals surface area contributed by atoms with Crippen LogP contribution in [0.1, 0.15) is 31.1 Å². The molecule has 6 heteroatoms. The molecule has 0 bridgehead atoms. The molecule has 0 aliphatic carbocycles. The van der Waals surface area contributed by atoms with Crippen molar-refractivity contribution in [3.8, 4) is 0 Å². The predicted molar refractivity (Wildman–Crippen MR) is 82.9 cm³/mol. The van der Waals surface area contributed by atoms with E-state index in [0.29, 0.717) is 23.2 Å². The van der Waals surface area contributed by atoms with Crippen molar-refractivity contribution in [3.63, 3.8) is 0 Å². The first-order valence-electron chi connectivity index (χ1n) is 6.86. The van der Waals surface area contributed by atoms with Gasteiger partial charge in [-0.2, -0.15) is 10.1 Å². The number of hydrogen-bond donors (Lipinski definition) is 2. The van der Waals surface area contributed by atoms with E-state index in [0.717, 1.165) is 12.2 Å². The zero-order valence-electron chi connectivity index (χ0n) is 12.4. The fourth-order valence-electron chi connectivity index (χ4n) is 1.70. The molecule has 0 saturated carbocycles. The number of carbonyl (C=O) groups is 1. The standard InChI is InChI=1S/C15H19N5O/c1-10(2)8-16-15-19-14(9-17-20-15)18-13-6-4-5-12(7-13)11(3)21/h4-7,9-10H,8H2,1-3H3,(H2,16,18,19,20). The number of carbonyl (C=O) groups excluding carboxylic acids is 1. The van der Waals surface area contributed by atoms with Crippen molar-refractivity contribution in [2.24, 2.45) is 5.92 Å². The Labute approximate surface area is 124 Å². The highest BCUT2D eigenvalue weighted by Gasteiger charge is 2.04. The molecule has 0 atom stereocenters. The number of ketones is 1. The number of Topliss-reactive ketones (excluding diaryl/α,β-unsaturated/α-hetero) is 1. The normalized spacial score (nSPS) is 10.5. The lowest BCUT2D eigenvalue weighted by molar-refractivity contribution is 0.101. The maximum absolute atomic E-state index is 11.4. The van der Waals surface area contributed by atoms with Crippen LogP contribution in [0.3, 0.4) is 0 Å². The number of anilines is 3. The van der Waals surface area contributed by atoms with Gasteiger partial charge in [-0.25, -0.2) is 0 Å². The Morgan fingerprint density at radius 3 is 2.86 bits per heavy atom. The lowest BCUT2D eigenvalue weighted by atomic mass is 10.1. The van der Waals surface area contributed by atoms with Gasteiger partial charge >= 0.3 is 0 Å². The highest BCUT2D eigenvalue weighted by molar-refractivity contribution is 5.95. The van der Waals surface area contributed by atoms with Gasteiger partial charge in [0, 0.05) is 17.8 Å². The van der Waals surface area contributed by atoms with E-state index in [4.69, 9.17) is 0 Å². The van der Waals surface area contributed by atoms with Crippen LogP contribution in [0.5, 0.6) is 0 Å². The maximum atomic E-state index is 11.4. The summed E-state index contributed by atoms with van der Waals surface area (Å²) in [5, 5.41) is 14.1. The maximum Gasteiger partial charge on any atom is 0.244 e. The van der Waals surface area contributed by atoms with Gasteiger partial charge in [0.2, 0.25) is 5.95 Å². The molecule has 110 valence electrons. The van der Waals surface area contributed by atoms with Gasteiger partial charge in [-0.3, -0.25) is 4.79 Å². The summed E-state index contributed by atoms with van der Waals surface area (Å²) in [6.07, 6.45) is 1.54. The Morgan fingerprint density at radius 2 is 2.14 bits per heavy atom. The fraction of sp³-hybridized carbons (Fsp3) is 0.333. The molecular formula is C15H19N5O.